The predicted octanol–water partition coefficient (Wildman–Crippen LogP) is 1.05. The van der Waals surface area contributed by atoms with Crippen molar-refractivity contribution in [3.8, 4) is 0 Å². The molecule has 1 N–H and O–H groups in total. The number of hydrogen-bond donors (Lipinski definition) is 1. The van der Waals surface area contributed by atoms with E-state index in [2.05, 4.69) is 13.5 Å². The van der Waals surface area contributed by atoms with Crippen molar-refractivity contribution in [2.45, 2.75) is 37.9 Å². The van der Waals surface area contributed by atoms with Crippen molar-refractivity contribution in [1.82, 2.24) is 0 Å². The van der Waals surface area contributed by atoms with Crippen LogP contribution in [0.4, 0.5) is 0 Å². The van der Waals surface area contributed by atoms with Crippen molar-refractivity contribution in [2.24, 2.45) is 5.92 Å². The van der Waals surface area contributed by atoms with Gasteiger partial charge in [-0.2, -0.15) is 0 Å². The molecule has 19 heavy (non-hydrogen) atoms. The zero-order chi connectivity index (χ0) is 13.9. The molecule has 3 unspecified atom stereocenters. The van der Waals surface area contributed by atoms with E-state index >= 15 is 0 Å². The number of carbonyl (C=O) groups is 1. The number of hydrogen-bond acceptors (Lipinski definition) is 5. The Kier molecular flexibility index (Phi) is 4.60. The molecule has 108 valence electrons. The second-order valence-corrected chi connectivity index (χ2v) is 5.54. The van der Waals surface area contributed by atoms with E-state index in [9.17, 15) is 4.79 Å². The number of aliphatic hydroxyl groups excluding tert-OH is 1. The molecule has 2 aliphatic rings. The molecule has 5 heteroatoms. The van der Waals surface area contributed by atoms with Crippen molar-refractivity contribution in [3.63, 3.8) is 0 Å². The maximum absolute atomic E-state index is 11.6. The first-order valence-electron chi connectivity index (χ1n) is 6.76. The van der Waals surface area contributed by atoms with Gasteiger partial charge in [-0.1, -0.05) is 6.58 Å². The van der Waals surface area contributed by atoms with Crippen LogP contribution in [0.3, 0.4) is 0 Å². The average Bonchev–Trinajstić information content (AvgIpc) is 3.06. The van der Waals surface area contributed by atoms with E-state index in [1.807, 2.05) is 0 Å². The largest absolute Gasteiger partial charge is 0.462 e. The minimum Gasteiger partial charge on any atom is -0.462 e. The fourth-order valence-corrected chi connectivity index (χ4v) is 2.49. The van der Waals surface area contributed by atoms with E-state index in [4.69, 9.17) is 19.3 Å². The maximum Gasteiger partial charge on any atom is 0.335 e. The quantitative estimate of drug-likeness (QED) is 0.324. The molecular formula is C14H22O5. The molecule has 0 aromatic rings. The monoisotopic (exact) mass is 270 g/mol. The lowest BCUT2D eigenvalue weighted by atomic mass is 9.83. The van der Waals surface area contributed by atoms with Gasteiger partial charge in [-0.25, -0.2) is 4.79 Å². The summed E-state index contributed by atoms with van der Waals surface area (Å²) in [6.07, 6.45) is 3.40. The summed E-state index contributed by atoms with van der Waals surface area (Å²) in [5.74, 6) is -0.0290. The molecule has 2 fully saturated rings. The second-order valence-electron chi connectivity index (χ2n) is 5.54. The van der Waals surface area contributed by atoms with Gasteiger partial charge < -0.3 is 19.3 Å². The number of esters is 1. The number of rotatable bonds is 7. The lowest BCUT2D eigenvalue weighted by Crippen LogP contribution is -2.25. The van der Waals surface area contributed by atoms with Gasteiger partial charge in [0.2, 0.25) is 0 Å². The topological polar surface area (TPSA) is 68.3 Å². The van der Waals surface area contributed by atoms with Crippen LogP contribution in [0.5, 0.6) is 0 Å². The summed E-state index contributed by atoms with van der Waals surface area (Å²) in [4.78, 5) is 11.6. The second kappa shape index (κ2) is 6.03. The fourth-order valence-electron chi connectivity index (χ4n) is 2.49. The molecule has 0 aromatic carbocycles. The summed E-state index contributed by atoms with van der Waals surface area (Å²) in [6.45, 7) is 6.42. The number of ether oxygens (including phenoxy) is 3. The van der Waals surface area contributed by atoms with Crippen LogP contribution in [0, 0.1) is 5.92 Å². The zero-order valence-electron chi connectivity index (χ0n) is 11.4. The van der Waals surface area contributed by atoms with Crippen LogP contribution in [0.25, 0.3) is 0 Å². The molecule has 1 aliphatic heterocycles. The summed E-state index contributed by atoms with van der Waals surface area (Å²) < 4.78 is 15.9. The standard InChI is InChI=1S/C14H22O5/c1-10(8-17-6-5-15)13(16)18-9-11-3-4-14(2)12(7-11)19-14/h11-12,15H,1,3-9H2,2H3. The summed E-state index contributed by atoms with van der Waals surface area (Å²) in [5, 5.41) is 8.56. The van der Waals surface area contributed by atoms with E-state index in [-0.39, 0.29) is 31.0 Å². The highest BCUT2D eigenvalue weighted by Gasteiger charge is 2.55. The molecule has 0 aromatic heterocycles. The van der Waals surface area contributed by atoms with E-state index in [1.54, 1.807) is 0 Å². The molecule has 0 spiro atoms. The van der Waals surface area contributed by atoms with E-state index in [1.165, 1.54) is 0 Å². The van der Waals surface area contributed by atoms with E-state index in [0.717, 1.165) is 19.3 Å². The van der Waals surface area contributed by atoms with Gasteiger partial charge in [0.05, 0.1) is 43.7 Å². The van der Waals surface area contributed by atoms with Crippen LogP contribution in [0.1, 0.15) is 26.2 Å². The van der Waals surface area contributed by atoms with E-state index in [0.29, 0.717) is 18.6 Å². The highest BCUT2D eigenvalue weighted by Crippen LogP contribution is 2.49. The summed E-state index contributed by atoms with van der Waals surface area (Å²) in [7, 11) is 0. The van der Waals surface area contributed by atoms with Crippen LogP contribution < -0.4 is 0 Å². The van der Waals surface area contributed by atoms with Crippen LogP contribution >= 0.6 is 0 Å². The van der Waals surface area contributed by atoms with Gasteiger partial charge in [0.15, 0.2) is 0 Å². The van der Waals surface area contributed by atoms with Gasteiger partial charge in [-0.05, 0) is 32.1 Å². The van der Waals surface area contributed by atoms with Gasteiger partial charge in [-0.15, -0.1) is 0 Å². The minimum absolute atomic E-state index is 0.0649. The number of fused-ring (bicyclic) bond motifs is 1. The number of aliphatic hydroxyl groups is 1. The Labute approximate surface area is 113 Å². The summed E-state index contributed by atoms with van der Waals surface area (Å²) >= 11 is 0. The number of epoxide rings is 1. The molecule has 2 rings (SSSR count). The Hall–Kier alpha value is -0.910. The Morgan fingerprint density at radius 2 is 2.37 bits per heavy atom. The minimum atomic E-state index is -0.414. The van der Waals surface area contributed by atoms with Gasteiger partial charge in [0, 0.05) is 0 Å². The highest BCUT2D eigenvalue weighted by molar-refractivity contribution is 5.87. The first-order chi connectivity index (χ1) is 9.05. The predicted molar refractivity (Wildman–Crippen MR) is 68.6 cm³/mol. The van der Waals surface area contributed by atoms with Crippen molar-refractivity contribution in [2.75, 3.05) is 26.4 Å². The third kappa shape index (κ3) is 3.78. The zero-order valence-corrected chi connectivity index (χ0v) is 11.4. The van der Waals surface area contributed by atoms with Gasteiger partial charge in [0.25, 0.3) is 0 Å². The first-order valence-corrected chi connectivity index (χ1v) is 6.76. The van der Waals surface area contributed by atoms with Gasteiger partial charge in [-0.3, -0.25) is 0 Å². The third-order valence-corrected chi connectivity index (χ3v) is 3.88. The van der Waals surface area contributed by atoms with Crippen molar-refractivity contribution < 1.29 is 24.1 Å². The molecule has 0 amide bonds. The smallest absolute Gasteiger partial charge is 0.335 e. The molecule has 1 saturated heterocycles. The van der Waals surface area contributed by atoms with E-state index < -0.39 is 5.97 Å². The molecule has 3 atom stereocenters. The molecule has 0 radical (unpaired) electrons. The average molecular weight is 270 g/mol. The maximum atomic E-state index is 11.6. The van der Waals surface area contributed by atoms with Gasteiger partial charge in [0.1, 0.15) is 0 Å². The van der Waals surface area contributed by atoms with Gasteiger partial charge >= 0.3 is 5.97 Å². The van der Waals surface area contributed by atoms with Crippen molar-refractivity contribution in [1.29, 1.82) is 0 Å². The van der Waals surface area contributed by atoms with Crippen LogP contribution in [-0.4, -0.2) is 49.2 Å². The third-order valence-electron chi connectivity index (χ3n) is 3.88. The molecule has 1 saturated carbocycles. The molecule has 1 heterocycles. The number of carbonyl (C=O) groups excluding carboxylic acids is 1. The molecule has 0 bridgehead atoms. The van der Waals surface area contributed by atoms with Crippen molar-refractivity contribution in [3.05, 3.63) is 12.2 Å². The summed E-state index contributed by atoms with van der Waals surface area (Å²) in [5.41, 5.74) is 0.388. The lowest BCUT2D eigenvalue weighted by Gasteiger charge is -2.22. The first kappa shape index (κ1) is 14.5. The SMILES string of the molecule is C=C(COCCO)C(=O)OCC1CCC2(C)OC2C1. The Morgan fingerprint density at radius 1 is 1.58 bits per heavy atom. The molecule has 1 aliphatic carbocycles. The Bertz CT molecular complexity index is 354. The van der Waals surface area contributed by atoms with Crippen LogP contribution in [-0.2, 0) is 19.0 Å². The molecule has 5 nitrogen and oxygen atoms in total. The molecular weight excluding hydrogens is 248 g/mol. The fraction of sp³-hybridized carbons (Fsp3) is 0.786. The van der Waals surface area contributed by atoms with Crippen molar-refractivity contribution >= 4 is 5.97 Å². The highest BCUT2D eigenvalue weighted by atomic mass is 16.6. The van der Waals surface area contributed by atoms with Crippen LogP contribution in [0.2, 0.25) is 0 Å². The lowest BCUT2D eigenvalue weighted by molar-refractivity contribution is -0.141. The Morgan fingerprint density at radius 3 is 3.05 bits per heavy atom. The van der Waals surface area contributed by atoms with Crippen LogP contribution in [0.15, 0.2) is 12.2 Å². The summed E-state index contributed by atoms with van der Waals surface area (Å²) in [6, 6.07) is 0. The Balaban J connectivity index is 1.62. The normalized spacial score (nSPS) is 32.5.